The molecule has 0 saturated heterocycles. The number of aryl methyl sites for hydroxylation is 2. The summed E-state index contributed by atoms with van der Waals surface area (Å²) in [5, 5.41) is 26.2. The van der Waals surface area contributed by atoms with E-state index in [0.717, 1.165) is 15.8 Å². The molecular weight excluding hydrogens is 661 g/mol. The van der Waals surface area contributed by atoms with E-state index < -0.39 is 11.8 Å². The van der Waals surface area contributed by atoms with Gasteiger partial charge in [-0.25, -0.2) is 19.2 Å². The van der Waals surface area contributed by atoms with E-state index in [4.69, 9.17) is 4.74 Å². The molecule has 1 unspecified atom stereocenters. The number of nitrogens with zero attached hydrogens (tertiary/aromatic N) is 5. The quantitative estimate of drug-likeness (QED) is 0.0571. The van der Waals surface area contributed by atoms with Gasteiger partial charge in [-0.2, -0.15) is 0 Å². The molecule has 0 aliphatic rings. The van der Waals surface area contributed by atoms with Gasteiger partial charge in [0.2, 0.25) is 0 Å². The van der Waals surface area contributed by atoms with Gasteiger partial charge in [0, 0.05) is 25.8 Å². The molecule has 11 nitrogen and oxygen atoms in total. The first-order valence-corrected chi connectivity index (χ1v) is 17.5. The van der Waals surface area contributed by atoms with Gasteiger partial charge in [0.1, 0.15) is 0 Å². The third-order valence-corrected chi connectivity index (χ3v) is 9.46. The van der Waals surface area contributed by atoms with E-state index in [1.165, 1.54) is 28.7 Å². The maximum absolute atomic E-state index is 14.5. The van der Waals surface area contributed by atoms with E-state index in [1.807, 2.05) is 42.2 Å². The number of halogens is 1. The van der Waals surface area contributed by atoms with Crippen molar-refractivity contribution in [2.24, 2.45) is 0 Å². The molecule has 2 aromatic carbocycles. The Morgan fingerprint density at radius 2 is 1.98 bits per heavy atom. The highest BCUT2D eigenvalue weighted by Crippen LogP contribution is 2.34. The van der Waals surface area contributed by atoms with Crippen molar-refractivity contribution < 1.29 is 23.9 Å². The lowest BCUT2D eigenvalue weighted by molar-refractivity contribution is 0.0690. The van der Waals surface area contributed by atoms with Crippen molar-refractivity contribution in [1.82, 2.24) is 25.5 Å². The predicted molar refractivity (Wildman–Crippen MR) is 187 cm³/mol. The van der Waals surface area contributed by atoms with Gasteiger partial charge < -0.3 is 30.3 Å². The Bertz CT molecular complexity index is 1880. The predicted octanol–water partition coefficient (Wildman–Crippen LogP) is 6.13. The third kappa shape index (κ3) is 8.97. The third-order valence-electron chi connectivity index (χ3n) is 6.79. The minimum Gasteiger partial charge on any atom is -0.491 e. The van der Waals surface area contributed by atoms with Crippen molar-refractivity contribution in [3.8, 4) is 17.6 Å². The Kier molecular flexibility index (Phi) is 12.0. The summed E-state index contributed by atoms with van der Waals surface area (Å²) in [6.45, 7) is 3.05. The number of nitrogens with one attached hydrogen (secondary N) is 2. The zero-order valence-corrected chi connectivity index (χ0v) is 28.3. The summed E-state index contributed by atoms with van der Waals surface area (Å²) >= 11 is 2.77. The Morgan fingerprint density at radius 1 is 1.13 bits per heavy atom. The summed E-state index contributed by atoms with van der Waals surface area (Å²) < 4.78 is 21.2. The van der Waals surface area contributed by atoms with Crippen LogP contribution in [0.1, 0.15) is 39.3 Å². The summed E-state index contributed by atoms with van der Waals surface area (Å²) in [4.78, 5) is 33.1. The lowest BCUT2D eigenvalue weighted by Gasteiger charge is -2.21. The average molecular weight is 694 g/mol. The van der Waals surface area contributed by atoms with Gasteiger partial charge >= 0.3 is 5.97 Å². The van der Waals surface area contributed by atoms with Gasteiger partial charge in [-0.05, 0) is 81.4 Å². The van der Waals surface area contributed by atoms with Gasteiger partial charge in [0.05, 0.1) is 23.4 Å². The minimum absolute atomic E-state index is 0.0477. The summed E-state index contributed by atoms with van der Waals surface area (Å²) in [6, 6.07) is 14.3. The lowest BCUT2D eigenvalue weighted by atomic mass is 10.2. The first-order chi connectivity index (χ1) is 22.9. The first kappa shape index (κ1) is 34.1. The zero-order chi connectivity index (χ0) is 33.2. The Hall–Kier alpha value is -4.25. The van der Waals surface area contributed by atoms with Gasteiger partial charge in [-0.3, -0.25) is 0 Å². The van der Waals surface area contributed by atoms with Crippen LogP contribution in [0.2, 0.25) is 0 Å². The highest BCUT2D eigenvalue weighted by atomic mass is 32.1. The van der Waals surface area contributed by atoms with Crippen LogP contribution in [0.25, 0.3) is 10.2 Å². The second kappa shape index (κ2) is 16.5. The Labute approximate surface area is 281 Å². The number of benzene rings is 2. The van der Waals surface area contributed by atoms with Crippen molar-refractivity contribution >= 4 is 69.6 Å². The average Bonchev–Trinajstić information content (AvgIpc) is 3.67. The maximum atomic E-state index is 14.5. The summed E-state index contributed by atoms with van der Waals surface area (Å²) in [5.74, 6) is 5.29. The number of carbonyl (C=O) groups is 1. The van der Waals surface area contributed by atoms with Crippen LogP contribution in [0.4, 0.5) is 26.3 Å². The normalized spacial score (nSPS) is 11.1. The number of carboxylic acid groups (broad SMARTS) is 1. The monoisotopic (exact) mass is 693 g/mol. The van der Waals surface area contributed by atoms with E-state index in [9.17, 15) is 19.2 Å². The molecule has 0 spiro atoms. The molecule has 0 aliphatic carbocycles. The summed E-state index contributed by atoms with van der Waals surface area (Å²) in [7, 11) is 1.58. The van der Waals surface area contributed by atoms with Crippen molar-refractivity contribution in [1.29, 1.82) is 0 Å². The van der Waals surface area contributed by atoms with Crippen molar-refractivity contribution in [3.05, 3.63) is 76.0 Å². The Balaban J connectivity index is 1.29. The van der Waals surface area contributed by atoms with Crippen LogP contribution >= 0.6 is 31.5 Å². The number of ether oxygens (including phenoxy) is 1. The number of hydrogen-bond acceptors (Lipinski definition) is 12. The SMILES string of the molecule is CNCC#Cc1ccc(OCCCc2sc(N(CCCPO)c3cc(C)c(Nc4nc5ccccc5s4)nn3)nc2C(=O)O)c(F)c1. The molecule has 47 heavy (non-hydrogen) atoms. The second-order valence-corrected chi connectivity index (χ2v) is 13.2. The molecule has 0 saturated carbocycles. The highest BCUT2D eigenvalue weighted by molar-refractivity contribution is 7.31. The number of rotatable bonds is 15. The van der Waals surface area contributed by atoms with E-state index >= 15 is 0 Å². The first-order valence-electron chi connectivity index (χ1n) is 14.8. The smallest absolute Gasteiger partial charge is 0.355 e. The molecule has 0 amide bonds. The van der Waals surface area contributed by atoms with Crippen LogP contribution in [0.5, 0.6) is 5.75 Å². The van der Waals surface area contributed by atoms with Gasteiger partial charge in [0.15, 0.2) is 39.2 Å². The van der Waals surface area contributed by atoms with Crippen LogP contribution in [0, 0.1) is 24.6 Å². The Morgan fingerprint density at radius 3 is 2.72 bits per heavy atom. The molecule has 1 atom stereocenters. The molecule has 0 fully saturated rings. The molecule has 4 N–H and O–H groups in total. The highest BCUT2D eigenvalue weighted by Gasteiger charge is 2.23. The number of hydrogen-bond donors (Lipinski definition) is 4. The molecule has 244 valence electrons. The summed E-state index contributed by atoms with van der Waals surface area (Å²) in [6.07, 6.45) is 2.04. The van der Waals surface area contributed by atoms with Crippen LogP contribution < -0.4 is 20.3 Å². The molecule has 5 rings (SSSR count). The number of fused-ring (bicyclic) bond motifs is 1. The lowest BCUT2D eigenvalue weighted by Crippen LogP contribution is -2.21. The van der Waals surface area contributed by atoms with Gasteiger partial charge in [-0.15, -0.1) is 21.5 Å². The maximum Gasteiger partial charge on any atom is 0.355 e. The standard InChI is InChI=1S/C32H33FN7O4PS2/c1-20-18-27(38-39-29(20)37-31-35-23-9-3-4-10-25(23)46-31)40(15-7-17-45-43)32-36-28(30(41)42)26(47-32)11-6-16-44-24-13-12-21(19-22(24)33)8-5-14-34-2/h3-4,9-10,12-13,18-19,34,43,45H,6-7,11,14-17H2,1-2H3,(H,41,42)(H,35,37,39). The van der Waals surface area contributed by atoms with Crippen LogP contribution in [-0.4, -0.2) is 69.0 Å². The molecule has 0 radical (unpaired) electrons. The number of aromatic carboxylic acids is 1. The molecule has 15 heteroatoms. The number of thiazole rings is 2. The van der Waals surface area contributed by atoms with Crippen LogP contribution in [0.15, 0.2) is 48.5 Å². The van der Waals surface area contributed by atoms with E-state index in [0.29, 0.717) is 70.9 Å². The molecule has 0 aliphatic heterocycles. The van der Waals surface area contributed by atoms with Crippen molar-refractivity contribution in [3.63, 3.8) is 0 Å². The molecular formula is C32H33FN7O4PS2. The fraction of sp³-hybridized carbons (Fsp3) is 0.281. The molecule has 3 aromatic heterocycles. The number of carboxylic acids is 1. The number of anilines is 4. The fourth-order valence-corrected chi connectivity index (χ4v) is 6.82. The molecule has 5 aromatic rings. The number of para-hydroxylation sites is 1. The van der Waals surface area contributed by atoms with E-state index in [-0.39, 0.29) is 26.9 Å². The van der Waals surface area contributed by atoms with Gasteiger partial charge in [0.25, 0.3) is 0 Å². The van der Waals surface area contributed by atoms with Crippen LogP contribution in [-0.2, 0) is 6.42 Å². The second-order valence-electron chi connectivity index (χ2n) is 10.3. The van der Waals surface area contributed by atoms with Crippen molar-refractivity contribution in [2.75, 3.05) is 43.1 Å². The molecule has 0 bridgehead atoms. The topological polar surface area (TPSA) is 146 Å². The molecule has 3 heterocycles. The van der Waals surface area contributed by atoms with Crippen LogP contribution in [0.3, 0.4) is 0 Å². The van der Waals surface area contributed by atoms with Crippen molar-refractivity contribution in [2.45, 2.75) is 26.2 Å². The largest absolute Gasteiger partial charge is 0.491 e. The van der Waals surface area contributed by atoms with Gasteiger partial charge in [-0.1, -0.05) is 35.3 Å². The fourth-order valence-electron chi connectivity index (χ4n) is 4.51. The minimum atomic E-state index is -1.14. The zero-order valence-electron chi connectivity index (χ0n) is 25.7. The summed E-state index contributed by atoms with van der Waals surface area (Å²) in [5.41, 5.74) is 2.22. The van der Waals surface area contributed by atoms with E-state index in [2.05, 4.69) is 42.6 Å². The number of aromatic nitrogens is 4. The van der Waals surface area contributed by atoms with E-state index in [1.54, 1.807) is 19.2 Å².